The predicted molar refractivity (Wildman–Crippen MR) is 47.5 cm³/mol. The van der Waals surface area contributed by atoms with Crippen LogP contribution in [0.4, 0.5) is 0 Å². The van der Waals surface area contributed by atoms with Crippen molar-refractivity contribution < 1.29 is 4.79 Å². The summed E-state index contributed by atoms with van der Waals surface area (Å²) in [5.74, 6) is 0.166. The number of likely N-dealkylation sites (N-methyl/N-ethyl adjacent to an activating group) is 1. The van der Waals surface area contributed by atoms with Crippen molar-refractivity contribution in [2.75, 3.05) is 33.7 Å². The molecule has 1 heterocycles. The summed E-state index contributed by atoms with van der Waals surface area (Å²) in [5, 5.41) is 1.73. The molecule has 0 aromatic heterocycles. The second kappa shape index (κ2) is 4.42. The van der Waals surface area contributed by atoms with Crippen LogP contribution in [-0.4, -0.2) is 49.5 Å². The number of hydrazine groups is 1. The maximum absolute atomic E-state index is 11.4. The summed E-state index contributed by atoms with van der Waals surface area (Å²) in [5.41, 5.74) is 3.08. The monoisotopic (exact) mass is 171 g/mol. The zero-order chi connectivity index (χ0) is 8.97. The molecule has 0 radical (unpaired) electrons. The van der Waals surface area contributed by atoms with Gasteiger partial charge in [-0.05, 0) is 26.9 Å². The molecule has 4 heteroatoms. The van der Waals surface area contributed by atoms with Crippen LogP contribution in [0.5, 0.6) is 0 Å². The summed E-state index contributed by atoms with van der Waals surface area (Å²) < 4.78 is 0. The molecule has 0 atom stereocenters. The Morgan fingerprint density at radius 1 is 1.50 bits per heavy atom. The van der Waals surface area contributed by atoms with Gasteiger partial charge in [0, 0.05) is 13.1 Å². The summed E-state index contributed by atoms with van der Waals surface area (Å²) >= 11 is 0. The minimum Gasteiger partial charge on any atom is -0.301 e. The quantitative estimate of drug-likeness (QED) is 0.618. The van der Waals surface area contributed by atoms with Gasteiger partial charge < -0.3 is 4.90 Å². The highest BCUT2D eigenvalue weighted by atomic mass is 16.2. The first-order chi connectivity index (χ1) is 5.70. The molecule has 1 amide bonds. The summed E-state index contributed by atoms with van der Waals surface area (Å²) in [6.45, 7) is 2.28. The topological polar surface area (TPSA) is 35.6 Å². The zero-order valence-corrected chi connectivity index (χ0v) is 7.84. The van der Waals surface area contributed by atoms with Crippen molar-refractivity contribution in [2.24, 2.45) is 0 Å². The molecule has 1 rings (SSSR count). The molecular weight excluding hydrogens is 154 g/mol. The molecule has 0 bridgehead atoms. The fourth-order valence-electron chi connectivity index (χ4n) is 1.26. The van der Waals surface area contributed by atoms with Gasteiger partial charge in [0.1, 0.15) is 0 Å². The van der Waals surface area contributed by atoms with E-state index in [9.17, 15) is 4.79 Å². The molecule has 1 aliphatic heterocycles. The minimum absolute atomic E-state index is 0.166. The van der Waals surface area contributed by atoms with Crippen molar-refractivity contribution in [1.29, 1.82) is 0 Å². The average molecular weight is 171 g/mol. The molecule has 0 unspecified atom stereocenters. The van der Waals surface area contributed by atoms with E-state index < -0.39 is 0 Å². The van der Waals surface area contributed by atoms with Crippen LogP contribution in [-0.2, 0) is 4.79 Å². The highest BCUT2D eigenvalue weighted by Crippen LogP contribution is 1.99. The van der Waals surface area contributed by atoms with E-state index in [1.165, 1.54) is 6.42 Å². The Kier molecular flexibility index (Phi) is 3.49. The Morgan fingerprint density at radius 3 is 2.75 bits per heavy atom. The predicted octanol–water partition coefficient (Wildman–Crippen LogP) is -0.325. The molecule has 4 nitrogen and oxygen atoms in total. The molecule has 0 aliphatic carbocycles. The second-order valence-corrected chi connectivity index (χ2v) is 3.40. The normalized spacial score (nSPS) is 18.4. The first kappa shape index (κ1) is 9.48. The van der Waals surface area contributed by atoms with Crippen molar-refractivity contribution >= 4 is 5.91 Å². The van der Waals surface area contributed by atoms with Crippen LogP contribution in [0.2, 0.25) is 0 Å². The number of hydrogen-bond acceptors (Lipinski definition) is 3. The number of nitrogens with zero attached hydrogens (tertiary/aromatic N) is 2. The lowest BCUT2D eigenvalue weighted by Gasteiger charge is -2.28. The molecule has 0 spiro atoms. The van der Waals surface area contributed by atoms with Crippen LogP contribution >= 0.6 is 0 Å². The number of rotatable bonds is 2. The smallest absolute Gasteiger partial charge is 0.250 e. The maximum atomic E-state index is 11.4. The largest absolute Gasteiger partial charge is 0.301 e. The van der Waals surface area contributed by atoms with Crippen LogP contribution in [0.3, 0.4) is 0 Å². The Hall–Kier alpha value is -0.610. The minimum atomic E-state index is 0.166. The first-order valence-electron chi connectivity index (χ1n) is 4.39. The van der Waals surface area contributed by atoms with Crippen molar-refractivity contribution in [3.8, 4) is 0 Å². The summed E-state index contributed by atoms with van der Waals surface area (Å²) in [6, 6.07) is 0. The summed E-state index contributed by atoms with van der Waals surface area (Å²) in [4.78, 5) is 13.3. The molecule has 1 N–H and O–H groups in total. The SMILES string of the molecule is CN(C)CC(=O)N1CCCCN1. The number of nitrogens with one attached hydrogen (secondary N) is 1. The number of carbonyl (C=O) groups is 1. The van der Waals surface area contributed by atoms with Crippen molar-refractivity contribution in [3.05, 3.63) is 0 Å². The van der Waals surface area contributed by atoms with E-state index >= 15 is 0 Å². The maximum Gasteiger partial charge on any atom is 0.250 e. The van der Waals surface area contributed by atoms with Crippen molar-refractivity contribution in [1.82, 2.24) is 15.3 Å². The highest BCUT2D eigenvalue weighted by Gasteiger charge is 2.15. The van der Waals surface area contributed by atoms with Crippen molar-refractivity contribution in [3.63, 3.8) is 0 Å². The van der Waals surface area contributed by atoms with E-state index in [1.54, 1.807) is 5.01 Å². The van der Waals surface area contributed by atoms with Gasteiger partial charge in [-0.25, -0.2) is 5.43 Å². The Balaban J connectivity index is 2.30. The van der Waals surface area contributed by atoms with Gasteiger partial charge in [-0.1, -0.05) is 0 Å². The van der Waals surface area contributed by atoms with Crippen LogP contribution < -0.4 is 5.43 Å². The van der Waals surface area contributed by atoms with E-state index in [1.807, 2.05) is 19.0 Å². The lowest BCUT2D eigenvalue weighted by Crippen LogP contribution is -2.49. The third-order valence-electron chi connectivity index (χ3n) is 1.86. The first-order valence-corrected chi connectivity index (χ1v) is 4.39. The van der Waals surface area contributed by atoms with E-state index in [2.05, 4.69) is 5.43 Å². The van der Waals surface area contributed by atoms with Crippen LogP contribution in [0.25, 0.3) is 0 Å². The lowest BCUT2D eigenvalue weighted by atomic mass is 10.2. The lowest BCUT2D eigenvalue weighted by molar-refractivity contribution is -0.136. The van der Waals surface area contributed by atoms with Crippen LogP contribution in [0.15, 0.2) is 0 Å². The van der Waals surface area contributed by atoms with Gasteiger partial charge in [0.2, 0.25) is 0 Å². The molecule has 70 valence electrons. The van der Waals surface area contributed by atoms with Gasteiger partial charge in [-0.15, -0.1) is 0 Å². The average Bonchev–Trinajstić information content (AvgIpc) is 2.05. The third kappa shape index (κ3) is 2.79. The summed E-state index contributed by atoms with van der Waals surface area (Å²) in [7, 11) is 3.81. The highest BCUT2D eigenvalue weighted by molar-refractivity contribution is 5.77. The van der Waals surface area contributed by atoms with Gasteiger partial charge in [0.05, 0.1) is 6.54 Å². The Bertz CT molecular complexity index is 152. The van der Waals surface area contributed by atoms with Crippen LogP contribution in [0.1, 0.15) is 12.8 Å². The number of amides is 1. The second-order valence-electron chi connectivity index (χ2n) is 3.40. The fourth-order valence-corrected chi connectivity index (χ4v) is 1.26. The Labute approximate surface area is 73.5 Å². The molecule has 12 heavy (non-hydrogen) atoms. The zero-order valence-electron chi connectivity index (χ0n) is 7.84. The van der Waals surface area contributed by atoms with E-state index in [4.69, 9.17) is 0 Å². The standard InChI is InChI=1S/C8H17N3O/c1-10(2)7-8(12)11-6-4-3-5-9-11/h9H,3-7H2,1-2H3. The number of carbonyl (C=O) groups excluding carboxylic acids is 1. The van der Waals surface area contributed by atoms with E-state index in [-0.39, 0.29) is 5.91 Å². The molecular formula is C8H17N3O. The van der Waals surface area contributed by atoms with E-state index in [0.717, 1.165) is 19.5 Å². The van der Waals surface area contributed by atoms with Gasteiger partial charge in [0.15, 0.2) is 0 Å². The van der Waals surface area contributed by atoms with Gasteiger partial charge in [-0.2, -0.15) is 0 Å². The molecule has 1 aliphatic rings. The van der Waals surface area contributed by atoms with Gasteiger partial charge >= 0.3 is 0 Å². The third-order valence-corrected chi connectivity index (χ3v) is 1.86. The van der Waals surface area contributed by atoms with Crippen LogP contribution in [0, 0.1) is 0 Å². The molecule has 0 aromatic rings. The fraction of sp³-hybridized carbons (Fsp3) is 0.875. The molecule has 0 aromatic carbocycles. The van der Waals surface area contributed by atoms with Crippen molar-refractivity contribution in [2.45, 2.75) is 12.8 Å². The Morgan fingerprint density at radius 2 is 2.25 bits per heavy atom. The molecule has 0 saturated carbocycles. The van der Waals surface area contributed by atoms with Gasteiger partial charge in [-0.3, -0.25) is 9.80 Å². The number of hydrogen-bond donors (Lipinski definition) is 1. The van der Waals surface area contributed by atoms with Gasteiger partial charge in [0.25, 0.3) is 5.91 Å². The molecule has 1 saturated heterocycles. The summed E-state index contributed by atoms with van der Waals surface area (Å²) in [6.07, 6.45) is 2.29. The van der Waals surface area contributed by atoms with E-state index in [0.29, 0.717) is 6.54 Å². The molecule has 1 fully saturated rings.